The monoisotopic (exact) mass is 303 g/mol. The topological polar surface area (TPSA) is 30.5 Å². The molecule has 0 aliphatic rings. The number of halogens is 2. The van der Waals surface area contributed by atoms with Crippen LogP contribution in [0.4, 0.5) is 4.39 Å². The number of alkyl halides is 1. The minimum Gasteiger partial charge on any atom is -0.493 e. The lowest BCUT2D eigenvalue weighted by molar-refractivity contribution is 0.274. The van der Waals surface area contributed by atoms with Gasteiger partial charge in [-0.2, -0.15) is 0 Å². The van der Waals surface area contributed by atoms with Gasteiger partial charge in [0.15, 0.2) is 11.5 Å². The van der Waals surface area contributed by atoms with Crippen molar-refractivity contribution in [3.63, 3.8) is 0 Å². The van der Waals surface area contributed by atoms with Gasteiger partial charge in [0, 0.05) is 13.0 Å². The molecule has 0 bridgehead atoms. The van der Waals surface area contributed by atoms with Crippen LogP contribution in [0.5, 0.6) is 11.5 Å². The predicted molar refractivity (Wildman–Crippen MR) is 80.6 cm³/mol. The molecular weight excluding hydrogens is 281 g/mol. The minimum absolute atomic E-state index is 0.289. The lowest BCUT2D eigenvalue weighted by Crippen LogP contribution is -2.19. The highest BCUT2D eigenvalue weighted by Gasteiger charge is 2.12. The van der Waals surface area contributed by atoms with Crippen molar-refractivity contribution in [2.75, 3.05) is 26.9 Å². The fourth-order valence-electron chi connectivity index (χ4n) is 1.75. The molecular formula is C15H23ClFNO2. The maximum Gasteiger partial charge on any atom is 0.179 e. The Bertz CT molecular complexity index is 413. The first-order valence-electron chi connectivity index (χ1n) is 6.84. The van der Waals surface area contributed by atoms with Crippen molar-refractivity contribution < 1.29 is 13.9 Å². The average molecular weight is 304 g/mol. The van der Waals surface area contributed by atoms with Gasteiger partial charge in [-0.05, 0) is 30.2 Å². The third-order valence-corrected chi connectivity index (χ3v) is 2.98. The average Bonchev–Trinajstić information content (AvgIpc) is 2.40. The summed E-state index contributed by atoms with van der Waals surface area (Å²) < 4.78 is 22.9. The Labute approximate surface area is 125 Å². The quantitative estimate of drug-likeness (QED) is 0.703. The van der Waals surface area contributed by atoms with Crippen molar-refractivity contribution in [1.29, 1.82) is 0 Å². The van der Waals surface area contributed by atoms with E-state index in [1.165, 1.54) is 0 Å². The van der Waals surface area contributed by atoms with E-state index in [1.54, 1.807) is 7.11 Å². The molecule has 0 heterocycles. The molecule has 0 amide bonds. The van der Waals surface area contributed by atoms with Crippen LogP contribution < -0.4 is 14.8 Å². The lowest BCUT2D eigenvalue weighted by Gasteiger charge is -2.14. The number of nitrogens with one attached hydrogen (secondary N) is 1. The molecule has 0 aliphatic heterocycles. The van der Waals surface area contributed by atoms with Crippen LogP contribution in [-0.4, -0.2) is 26.9 Å². The van der Waals surface area contributed by atoms with Gasteiger partial charge >= 0.3 is 0 Å². The molecule has 1 aromatic carbocycles. The molecule has 0 unspecified atom stereocenters. The van der Waals surface area contributed by atoms with E-state index in [9.17, 15) is 4.39 Å². The van der Waals surface area contributed by atoms with Gasteiger partial charge in [-0.3, -0.25) is 4.39 Å². The fraction of sp³-hybridized carbons (Fsp3) is 0.600. The Morgan fingerprint density at radius 2 is 2.10 bits per heavy atom. The molecule has 0 atom stereocenters. The number of ether oxygens (including phenoxy) is 2. The summed E-state index contributed by atoms with van der Waals surface area (Å²) in [6.45, 7) is 5.85. The summed E-state index contributed by atoms with van der Waals surface area (Å²) in [5.74, 6) is 1.66. The summed E-state index contributed by atoms with van der Waals surface area (Å²) in [6, 6.07) is 3.74. The third kappa shape index (κ3) is 5.55. The molecule has 0 aromatic heterocycles. The normalized spacial score (nSPS) is 10.9. The molecule has 1 rings (SSSR count). The molecule has 0 spiro atoms. The third-order valence-electron chi connectivity index (χ3n) is 2.70. The maximum atomic E-state index is 12.1. The molecule has 0 aliphatic carbocycles. The highest BCUT2D eigenvalue weighted by atomic mass is 35.5. The molecule has 0 fully saturated rings. The van der Waals surface area contributed by atoms with Crippen LogP contribution in [-0.2, 0) is 6.54 Å². The van der Waals surface area contributed by atoms with Gasteiger partial charge < -0.3 is 14.8 Å². The number of benzene rings is 1. The Kier molecular flexibility index (Phi) is 7.70. The summed E-state index contributed by atoms with van der Waals surface area (Å²) in [6.07, 6.45) is 0.344. The van der Waals surface area contributed by atoms with Gasteiger partial charge in [-0.15, -0.1) is 0 Å². The summed E-state index contributed by atoms with van der Waals surface area (Å²) in [5.41, 5.74) is 1.03. The van der Waals surface area contributed by atoms with Crippen LogP contribution in [0, 0.1) is 5.92 Å². The molecule has 114 valence electrons. The second kappa shape index (κ2) is 9.03. The molecule has 3 nitrogen and oxygen atoms in total. The SMILES string of the molecule is COc1cc(CNCC(C)C)cc(Cl)c1OCCCF. The van der Waals surface area contributed by atoms with Gasteiger partial charge in [0.1, 0.15) is 0 Å². The van der Waals surface area contributed by atoms with Crippen molar-refractivity contribution in [2.45, 2.75) is 26.8 Å². The van der Waals surface area contributed by atoms with E-state index >= 15 is 0 Å². The molecule has 0 saturated carbocycles. The summed E-state index contributed by atoms with van der Waals surface area (Å²) >= 11 is 6.21. The van der Waals surface area contributed by atoms with E-state index in [2.05, 4.69) is 19.2 Å². The molecule has 1 N–H and O–H groups in total. The second-order valence-electron chi connectivity index (χ2n) is 5.02. The van der Waals surface area contributed by atoms with Crippen LogP contribution >= 0.6 is 11.6 Å². The van der Waals surface area contributed by atoms with E-state index in [0.29, 0.717) is 28.9 Å². The van der Waals surface area contributed by atoms with Crippen molar-refractivity contribution >= 4 is 11.6 Å². The Balaban J connectivity index is 2.73. The summed E-state index contributed by atoms with van der Waals surface area (Å²) in [7, 11) is 1.57. The first-order valence-corrected chi connectivity index (χ1v) is 7.22. The van der Waals surface area contributed by atoms with Crippen molar-refractivity contribution in [2.24, 2.45) is 5.92 Å². The van der Waals surface area contributed by atoms with Gasteiger partial charge in [0.05, 0.1) is 25.4 Å². The second-order valence-corrected chi connectivity index (χ2v) is 5.43. The van der Waals surface area contributed by atoms with Crippen molar-refractivity contribution in [1.82, 2.24) is 5.32 Å². The van der Waals surface area contributed by atoms with Crippen LogP contribution in [0.25, 0.3) is 0 Å². The number of methoxy groups -OCH3 is 1. The zero-order chi connectivity index (χ0) is 15.0. The van der Waals surface area contributed by atoms with Gasteiger partial charge in [-0.1, -0.05) is 25.4 Å². The standard InChI is InChI=1S/C15H23ClFNO2/c1-11(2)9-18-10-12-7-13(16)15(14(8-12)19-3)20-6-4-5-17/h7-8,11,18H,4-6,9-10H2,1-3H3. The first-order chi connectivity index (χ1) is 9.58. The highest BCUT2D eigenvalue weighted by molar-refractivity contribution is 6.32. The summed E-state index contributed by atoms with van der Waals surface area (Å²) in [5, 5.41) is 3.84. The molecule has 1 aromatic rings. The van der Waals surface area contributed by atoms with Crippen LogP contribution in [0.2, 0.25) is 5.02 Å². The van der Waals surface area contributed by atoms with Crippen LogP contribution in [0.3, 0.4) is 0 Å². The van der Waals surface area contributed by atoms with Crippen LogP contribution in [0.15, 0.2) is 12.1 Å². The fourth-order valence-corrected chi connectivity index (χ4v) is 2.04. The predicted octanol–water partition coefficient (Wildman–Crippen LogP) is 3.83. The zero-order valence-corrected chi connectivity index (χ0v) is 13.1. The molecule has 20 heavy (non-hydrogen) atoms. The molecule has 0 saturated heterocycles. The van der Waals surface area contributed by atoms with Gasteiger partial charge in [0.25, 0.3) is 0 Å². The zero-order valence-electron chi connectivity index (χ0n) is 12.3. The van der Waals surface area contributed by atoms with Crippen molar-refractivity contribution in [3.8, 4) is 11.5 Å². The Morgan fingerprint density at radius 3 is 2.70 bits per heavy atom. The van der Waals surface area contributed by atoms with E-state index < -0.39 is 6.67 Å². The number of rotatable bonds is 9. The molecule has 5 heteroatoms. The Hall–Kier alpha value is -1.00. The largest absolute Gasteiger partial charge is 0.493 e. The van der Waals surface area contributed by atoms with Crippen LogP contribution in [0.1, 0.15) is 25.8 Å². The minimum atomic E-state index is -0.406. The van der Waals surface area contributed by atoms with E-state index in [-0.39, 0.29) is 6.61 Å². The lowest BCUT2D eigenvalue weighted by atomic mass is 10.1. The van der Waals surface area contributed by atoms with E-state index in [1.807, 2.05) is 12.1 Å². The maximum absolute atomic E-state index is 12.1. The number of hydrogen-bond donors (Lipinski definition) is 1. The van der Waals surface area contributed by atoms with Gasteiger partial charge in [-0.25, -0.2) is 0 Å². The summed E-state index contributed by atoms with van der Waals surface area (Å²) in [4.78, 5) is 0. The number of hydrogen-bond acceptors (Lipinski definition) is 3. The first kappa shape index (κ1) is 17.1. The highest BCUT2D eigenvalue weighted by Crippen LogP contribution is 2.36. The van der Waals surface area contributed by atoms with E-state index in [0.717, 1.165) is 18.7 Å². The molecule has 0 radical (unpaired) electrons. The van der Waals surface area contributed by atoms with Gasteiger partial charge in [0.2, 0.25) is 0 Å². The Morgan fingerprint density at radius 1 is 1.35 bits per heavy atom. The smallest absolute Gasteiger partial charge is 0.179 e. The van der Waals surface area contributed by atoms with Crippen molar-refractivity contribution in [3.05, 3.63) is 22.7 Å². The van der Waals surface area contributed by atoms with E-state index in [4.69, 9.17) is 21.1 Å².